The molecular formula is C16H10BrF2NO. The summed E-state index contributed by atoms with van der Waals surface area (Å²) in [5.41, 5.74) is -0.00965. The molecule has 106 valence electrons. The smallest absolute Gasteiger partial charge is 0.133 e. The highest BCUT2D eigenvalue weighted by Crippen LogP contribution is 2.32. The molecule has 1 N–H and O–H groups in total. The molecule has 21 heavy (non-hydrogen) atoms. The molecule has 5 heteroatoms. The van der Waals surface area contributed by atoms with Gasteiger partial charge in [-0.2, -0.15) is 0 Å². The summed E-state index contributed by atoms with van der Waals surface area (Å²) >= 11 is 3.02. The van der Waals surface area contributed by atoms with Crippen molar-refractivity contribution >= 4 is 26.7 Å². The van der Waals surface area contributed by atoms with Gasteiger partial charge in [0.25, 0.3) is 0 Å². The molecule has 0 aliphatic heterocycles. The minimum atomic E-state index is -1.42. The molecule has 1 heterocycles. The molecule has 3 aromatic rings. The quantitative estimate of drug-likeness (QED) is 0.745. The van der Waals surface area contributed by atoms with Crippen LogP contribution in [0.15, 0.2) is 53.3 Å². The highest BCUT2D eigenvalue weighted by atomic mass is 79.9. The maximum atomic E-state index is 14.0. The van der Waals surface area contributed by atoms with Gasteiger partial charge in [-0.25, -0.2) is 8.78 Å². The third-order valence-corrected chi connectivity index (χ3v) is 3.77. The Labute approximate surface area is 128 Å². The molecule has 2 nitrogen and oxygen atoms in total. The summed E-state index contributed by atoms with van der Waals surface area (Å²) in [5.74, 6) is -1.61. The van der Waals surface area contributed by atoms with Gasteiger partial charge in [0, 0.05) is 27.8 Å². The number of pyridine rings is 1. The molecular weight excluding hydrogens is 340 g/mol. The van der Waals surface area contributed by atoms with E-state index in [0.717, 1.165) is 17.5 Å². The van der Waals surface area contributed by atoms with Crippen molar-refractivity contribution in [2.75, 3.05) is 0 Å². The van der Waals surface area contributed by atoms with E-state index in [1.165, 1.54) is 6.20 Å². The van der Waals surface area contributed by atoms with Crippen LogP contribution in [0.2, 0.25) is 0 Å². The molecule has 0 saturated carbocycles. The Morgan fingerprint density at radius 1 is 1.05 bits per heavy atom. The topological polar surface area (TPSA) is 33.1 Å². The molecule has 3 rings (SSSR count). The molecule has 1 atom stereocenters. The van der Waals surface area contributed by atoms with E-state index in [4.69, 9.17) is 0 Å². The second kappa shape index (κ2) is 5.50. The maximum absolute atomic E-state index is 14.0. The van der Waals surface area contributed by atoms with Gasteiger partial charge < -0.3 is 5.11 Å². The van der Waals surface area contributed by atoms with Crippen LogP contribution in [0, 0.1) is 11.6 Å². The van der Waals surface area contributed by atoms with Gasteiger partial charge >= 0.3 is 0 Å². The number of hydrogen-bond donors (Lipinski definition) is 1. The molecule has 0 amide bonds. The van der Waals surface area contributed by atoms with Gasteiger partial charge in [-0.3, -0.25) is 4.98 Å². The molecule has 0 aliphatic rings. The van der Waals surface area contributed by atoms with Crippen LogP contribution in [0.25, 0.3) is 10.8 Å². The Hall–Kier alpha value is -1.85. The number of hydrogen-bond acceptors (Lipinski definition) is 2. The molecule has 0 radical (unpaired) electrons. The lowest BCUT2D eigenvalue weighted by molar-refractivity contribution is 0.210. The van der Waals surface area contributed by atoms with E-state index in [0.29, 0.717) is 10.9 Å². The number of benzene rings is 2. The van der Waals surface area contributed by atoms with E-state index < -0.39 is 17.7 Å². The van der Waals surface area contributed by atoms with E-state index in [1.54, 1.807) is 18.3 Å². The molecule has 0 bridgehead atoms. The van der Waals surface area contributed by atoms with E-state index in [1.807, 2.05) is 12.1 Å². The van der Waals surface area contributed by atoms with Crippen LogP contribution >= 0.6 is 15.9 Å². The summed E-state index contributed by atoms with van der Waals surface area (Å²) in [6.45, 7) is 0. The minimum Gasteiger partial charge on any atom is -0.383 e. The first-order valence-electron chi connectivity index (χ1n) is 6.23. The van der Waals surface area contributed by atoms with Gasteiger partial charge in [0.15, 0.2) is 0 Å². The first-order chi connectivity index (χ1) is 10.1. The van der Waals surface area contributed by atoms with Crippen molar-refractivity contribution in [3.63, 3.8) is 0 Å². The van der Waals surface area contributed by atoms with Crippen molar-refractivity contribution in [3.05, 3.63) is 76.0 Å². The van der Waals surface area contributed by atoms with Crippen molar-refractivity contribution in [2.45, 2.75) is 6.10 Å². The predicted molar refractivity (Wildman–Crippen MR) is 79.9 cm³/mol. The predicted octanol–water partition coefficient (Wildman–Crippen LogP) is 4.36. The molecule has 1 aromatic heterocycles. The highest BCUT2D eigenvalue weighted by molar-refractivity contribution is 9.10. The normalized spacial score (nSPS) is 12.6. The third-order valence-electron chi connectivity index (χ3n) is 3.31. The second-order valence-corrected chi connectivity index (χ2v) is 5.55. The van der Waals surface area contributed by atoms with Crippen LogP contribution in [0.4, 0.5) is 8.78 Å². The number of halogens is 3. The number of aromatic nitrogens is 1. The van der Waals surface area contributed by atoms with Gasteiger partial charge in [-0.15, -0.1) is 0 Å². The molecule has 0 saturated heterocycles. The Morgan fingerprint density at radius 3 is 2.43 bits per heavy atom. The maximum Gasteiger partial charge on any atom is 0.133 e. The first kappa shape index (κ1) is 14.1. The lowest BCUT2D eigenvalue weighted by atomic mass is 9.97. The lowest BCUT2D eigenvalue weighted by Gasteiger charge is -2.15. The Balaban J connectivity index is 2.20. The molecule has 0 aliphatic carbocycles. The van der Waals surface area contributed by atoms with Crippen molar-refractivity contribution in [1.82, 2.24) is 4.98 Å². The fourth-order valence-corrected chi connectivity index (χ4v) is 2.73. The van der Waals surface area contributed by atoms with E-state index >= 15 is 0 Å². The van der Waals surface area contributed by atoms with Crippen LogP contribution < -0.4 is 0 Å². The van der Waals surface area contributed by atoms with Gasteiger partial charge in [-0.05, 0) is 17.5 Å². The van der Waals surface area contributed by atoms with Gasteiger partial charge in [-0.1, -0.05) is 40.2 Å². The Kier molecular flexibility index (Phi) is 3.69. The summed E-state index contributed by atoms with van der Waals surface area (Å²) in [4.78, 5) is 4.02. The Morgan fingerprint density at radius 2 is 1.71 bits per heavy atom. The summed E-state index contributed by atoms with van der Waals surface area (Å²) in [6, 6.07) is 9.49. The monoisotopic (exact) mass is 349 g/mol. The lowest BCUT2D eigenvalue weighted by Crippen LogP contribution is -2.07. The number of aliphatic hydroxyl groups excluding tert-OH is 1. The molecule has 0 spiro atoms. The molecule has 2 aromatic carbocycles. The summed E-state index contributed by atoms with van der Waals surface area (Å²) in [5, 5.41) is 11.9. The fourth-order valence-electron chi connectivity index (χ4n) is 2.33. The van der Waals surface area contributed by atoms with Gasteiger partial charge in [0.05, 0.1) is 5.56 Å². The van der Waals surface area contributed by atoms with Crippen molar-refractivity contribution in [2.24, 2.45) is 0 Å². The summed E-state index contributed by atoms with van der Waals surface area (Å²) in [7, 11) is 0. The van der Waals surface area contributed by atoms with Gasteiger partial charge in [0.2, 0.25) is 0 Å². The van der Waals surface area contributed by atoms with Crippen LogP contribution in [0.3, 0.4) is 0 Å². The van der Waals surface area contributed by atoms with Crippen LogP contribution in [-0.4, -0.2) is 10.1 Å². The SMILES string of the molecule is OC(c1c(F)cc(Br)cc1F)c1cncc2ccccc12. The summed E-state index contributed by atoms with van der Waals surface area (Å²) < 4.78 is 28.3. The average Bonchev–Trinajstić information content (AvgIpc) is 2.45. The zero-order valence-corrected chi connectivity index (χ0v) is 12.3. The number of aliphatic hydroxyl groups is 1. The van der Waals surface area contributed by atoms with Gasteiger partial charge in [0.1, 0.15) is 17.7 Å². The summed E-state index contributed by atoms with van der Waals surface area (Å²) in [6.07, 6.45) is 1.64. The number of fused-ring (bicyclic) bond motifs is 1. The number of rotatable bonds is 2. The van der Waals surface area contributed by atoms with Crippen LogP contribution in [-0.2, 0) is 0 Å². The number of nitrogens with zero attached hydrogens (tertiary/aromatic N) is 1. The zero-order valence-electron chi connectivity index (χ0n) is 10.7. The first-order valence-corrected chi connectivity index (χ1v) is 7.02. The van der Waals surface area contributed by atoms with Crippen LogP contribution in [0.5, 0.6) is 0 Å². The van der Waals surface area contributed by atoms with E-state index in [-0.39, 0.29) is 10.0 Å². The standard InChI is InChI=1S/C16H10BrF2NO/c17-10-5-13(18)15(14(19)6-10)16(21)12-8-20-7-9-3-1-2-4-11(9)12/h1-8,16,21H. The van der Waals surface area contributed by atoms with Crippen molar-refractivity contribution < 1.29 is 13.9 Å². The third kappa shape index (κ3) is 2.54. The molecule has 1 unspecified atom stereocenters. The van der Waals surface area contributed by atoms with E-state index in [9.17, 15) is 13.9 Å². The second-order valence-electron chi connectivity index (χ2n) is 4.64. The Bertz CT molecular complexity index is 794. The largest absolute Gasteiger partial charge is 0.383 e. The van der Waals surface area contributed by atoms with Crippen molar-refractivity contribution in [1.29, 1.82) is 0 Å². The van der Waals surface area contributed by atoms with E-state index in [2.05, 4.69) is 20.9 Å². The van der Waals surface area contributed by atoms with Crippen molar-refractivity contribution in [3.8, 4) is 0 Å². The minimum absolute atomic E-state index is 0.282. The zero-order chi connectivity index (χ0) is 15.0. The molecule has 0 fully saturated rings. The average molecular weight is 350 g/mol. The van der Waals surface area contributed by atoms with Crippen LogP contribution in [0.1, 0.15) is 17.2 Å². The fraction of sp³-hybridized carbons (Fsp3) is 0.0625. The highest BCUT2D eigenvalue weighted by Gasteiger charge is 2.22.